The zero-order valence-corrected chi connectivity index (χ0v) is 11.2. The number of nitrogens with one attached hydrogen (secondary N) is 1. The van der Waals surface area contributed by atoms with Crippen LogP contribution in [0.25, 0.3) is 10.9 Å². The highest BCUT2D eigenvalue weighted by atomic mass is 35.5. The first-order valence-corrected chi connectivity index (χ1v) is 6.08. The van der Waals surface area contributed by atoms with Crippen molar-refractivity contribution in [1.29, 1.82) is 0 Å². The third-order valence-corrected chi connectivity index (χ3v) is 3.36. The Bertz CT molecular complexity index is 589. The lowest BCUT2D eigenvalue weighted by Crippen LogP contribution is -2.43. The lowest BCUT2D eigenvalue weighted by molar-refractivity contribution is -0.130. The standard InChI is InChI=1S/C13H16ClN3O/c1-13(2,12(18)16-15)8-17-7-6-9-4-3-5-10(14)11(9)17/h3-7H,8,15H2,1-2H3,(H,16,18). The highest BCUT2D eigenvalue weighted by molar-refractivity contribution is 6.35. The van der Waals surface area contributed by atoms with Gasteiger partial charge in [0.15, 0.2) is 0 Å². The number of rotatable bonds is 3. The number of para-hydroxylation sites is 1. The van der Waals surface area contributed by atoms with E-state index in [1.54, 1.807) is 0 Å². The lowest BCUT2D eigenvalue weighted by atomic mass is 9.92. The maximum Gasteiger partial charge on any atom is 0.241 e. The molecular formula is C13H16ClN3O. The topological polar surface area (TPSA) is 60.0 Å². The molecule has 0 saturated heterocycles. The highest BCUT2D eigenvalue weighted by Crippen LogP contribution is 2.27. The van der Waals surface area contributed by atoms with Gasteiger partial charge in [0.2, 0.25) is 5.91 Å². The van der Waals surface area contributed by atoms with Crippen LogP contribution in [-0.4, -0.2) is 10.5 Å². The second kappa shape index (κ2) is 4.63. The zero-order chi connectivity index (χ0) is 13.3. The minimum atomic E-state index is -0.597. The molecule has 0 fully saturated rings. The number of carbonyl (C=O) groups excluding carboxylic acids is 1. The second-order valence-electron chi connectivity index (χ2n) is 4.98. The van der Waals surface area contributed by atoms with Gasteiger partial charge in [-0.3, -0.25) is 10.2 Å². The molecule has 0 saturated carbocycles. The Morgan fingerprint density at radius 1 is 1.44 bits per heavy atom. The molecule has 96 valence electrons. The van der Waals surface area contributed by atoms with Crippen molar-refractivity contribution >= 4 is 28.4 Å². The predicted molar refractivity (Wildman–Crippen MR) is 73.1 cm³/mol. The van der Waals surface area contributed by atoms with Crippen molar-refractivity contribution in [3.8, 4) is 0 Å². The minimum absolute atomic E-state index is 0.198. The molecule has 1 aromatic carbocycles. The van der Waals surface area contributed by atoms with Crippen LogP contribution in [0, 0.1) is 5.41 Å². The molecule has 0 radical (unpaired) electrons. The summed E-state index contributed by atoms with van der Waals surface area (Å²) in [6, 6.07) is 7.73. The number of hydrazine groups is 1. The van der Waals surface area contributed by atoms with Crippen LogP contribution in [0.1, 0.15) is 13.8 Å². The molecule has 0 atom stereocenters. The third kappa shape index (κ3) is 2.21. The van der Waals surface area contributed by atoms with Gasteiger partial charge >= 0.3 is 0 Å². The quantitative estimate of drug-likeness (QED) is 0.508. The van der Waals surface area contributed by atoms with Gasteiger partial charge in [-0.15, -0.1) is 0 Å². The van der Waals surface area contributed by atoms with Gasteiger partial charge in [0, 0.05) is 18.1 Å². The molecule has 2 aromatic rings. The van der Waals surface area contributed by atoms with Crippen molar-refractivity contribution in [3.05, 3.63) is 35.5 Å². The Labute approximate surface area is 111 Å². The van der Waals surface area contributed by atoms with E-state index in [1.807, 2.05) is 48.9 Å². The summed E-state index contributed by atoms with van der Waals surface area (Å²) in [6.45, 7) is 4.21. The van der Waals surface area contributed by atoms with Gasteiger partial charge in [-0.2, -0.15) is 0 Å². The summed E-state index contributed by atoms with van der Waals surface area (Å²) >= 11 is 6.20. The van der Waals surface area contributed by atoms with E-state index in [-0.39, 0.29) is 5.91 Å². The number of nitrogens with zero attached hydrogens (tertiary/aromatic N) is 1. The summed E-state index contributed by atoms with van der Waals surface area (Å²) < 4.78 is 1.98. The summed E-state index contributed by atoms with van der Waals surface area (Å²) in [5, 5.41) is 1.74. The molecule has 1 aromatic heterocycles. The van der Waals surface area contributed by atoms with E-state index >= 15 is 0 Å². The molecular weight excluding hydrogens is 250 g/mol. The van der Waals surface area contributed by atoms with Crippen molar-refractivity contribution in [2.45, 2.75) is 20.4 Å². The normalized spacial score (nSPS) is 11.8. The number of benzene rings is 1. The van der Waals surface area contributed by atoms with E-state index in [4.69, 9.17) is 17.4 Å². The molecule has 0 aliphatic heterocycles. The van der Waals surface area contributed by atoms with Crippen molar-refractivity contribution in [2.75, 3.05) is 0 Å². The second-order valence-corrected chi connectivity index (χ2v) is 5.39. The number of hydrogen-bond donors (Lipinski definition) is 2. The van der Waals surface area contributed by atoms with Crippen molar-refractivity contribution in [1.82, 2.24) is 9.99 Å². The van der Waals surface area contributed by atoms with Crippen LogP contribution < -0.4 is 11.3 Å². The molecule has 3 N–H and O–H groups in total. The Kier molecular flexibility index (Phi) is 3.32. The van der Waals surface area contributed by atoms with Gasteiger partial charge in [-0.1, -0.05) is 23.7 Å². The van der Waals surface area contributed by atoms with E-state index in [0.717, 1.165) is 10.9 Å². The zero-order valence-electron chi connectivity index (χ0n) is 10.4. The first kappa shape index (κ1) is 12.9. The third-order valence-electron chi connectivity index (χ3n) is 3.05. The fraction of sp³-hybridized carbons (Fsp3) is 0.308. The molecule has 18 heavy (non-hydrogen) atoms. The minimum Gasteiger partial charge on any atom is -0.345 e. The molecule has 0 aliphatic rings. The Morgan fingerprint density at radius 3 is 2.83 bits per heavy atom. The average Bonchev–Trinajstić information content (AvgIpc) is 2.72. The summed E-state index contributed by atoms with van der Waals surface area (Å²) in [5.74, 6) is 5.00. The number of carbonyl (C=O) groups is 1. The van der Waals surface area contributed by atoms with Gasteiger partial charge in [0.05, 0.1) is 16.0 Å². The molecule has 0 bridgehead atoms. The predicted octanol–water partition coefficient (Wildman–Crippen LogP) is 2.31. The molecule has 0 aliphatic carbocycles. The maximum absolute atomic E-state index is 11.7. The van der Waals surface area contributed by atoms with Crippen LogP contribution >= 0.6 is 11.6 Å². The summed E-state index contributed by atoms with van der Waals surface area (Å²) in [6.07, 6.45) is 1.93. The number of aromatic nitrogens is 1. The summed E-state index contributed by atoms with van der Waals surface area (Å²) in [7, 11) is 0. The number of halogens is 1. The van der Waals surface area contributed by atoms with Gasteiger partial charge in [-0.25, -0.2) is 5.84 Å². The summed E-state index contributed by atoms with van der Waals surface area (Å²) in [5.41, 5.74) is 2.54. The lowest BCUT2D eigenvalue weighted by Gasteiger charge is -2.23. The van der Waals surface area contributed by atoms with E-state index in [2.05, 4.69) is 5.43 Å². The van der Waals surface area contributed by atoms with Crippen LogP contribution in [0.15, 0.2) is 30.5 Å². The average molecular weight is 266 g/mol. The number of nitrogens with two attached hydrogens (primary N) is 1. The Morgan fingerprint density at radius 2 is 2.17 bits per heavy atom. The van der Waals surface area contributed by atoms with Crippen molar-refractivity contribution < 1.29 is 4.79 Å². The molecule has 1 heterocycles. The molecule has 4 nitrogen and oxygen atoms in total. The van der Waals surface area contributed by atoms with Gasteiger partial charge in [0.1, 0.15) is 0 Å². The van der Waals surface area contributed by atoms with Gasteiger partial charge in [-0.05, 0) is 26.0 Å². The number of amides is 1. The first-order valence-electron chi connectivity index (χ1n) is 5.70. The Hall–Kier alpha value is -1.52. The smallest absolute Gasteiger partial charge is 0.241 e. The van der Waals surface area contributed by atoms with Gasteiger partial charge < -0.3 is 4.57 Å². The van der Waals surface area contributed by atoms with Crippen molar-refractivity contribution in [2.24, 2.45) is 11.3 Å². The fourth-order valence-corrected chi connectivity index (χ4v) is 2.33. The van der Waals surface area contributed by atoms with E-state index in [0.29, 0.717) is 11.6 Å². The largest absolute Gasteiger partial charge is 0.345 e. The molecule has 0 unspecified atom stereocenters. The Balaban J connectivity index is 2.41. The highest BCUT2D eigenvalue weighted by Gasteiger charge is 2.28. The van der Waals surface area contributed by atoms with Crippen LogP contribution in [0.4, 0.5) is 0 Å². The number of hydrogen-bond acceptors (Lipinski definition) is 2. The van der Waals surface area contributed by atoms with E-state index in [1.165, 1.54) is 0 Å². The SMILES string of the molecule is CC(C)(Cn1ccc2cccc(Cl)c21)C(=O)NN. The first-order chi connectivity index (χ1) is 8.45. The molecule has 0 spiro atoms. The van der Waals surface area contributed by atoms with Gasteiger partial charge in [0.25, 0.3) is 0 Å². The van der Waals surface area contributed by atoms with Crippen LogP contribution in [0.5, 0.6) is 0 Å². The van der Waals surface area contributed by atoms with Crippen LogP contribution in [0.3, 0.4) is 0 Å². The molecule has 5 heteroatoms. The van der Waals surface area contributed by atoms with Crippen LogP contribution in [0.2, 0.25) is 5.02 Å². The maximum atomic E-state index is 11.7. The summed E-state index contributed by atoms with van der Waals surface area (Å²) in [4.78, 5) is 11.7. The van der Waals surface area contributed by atoms with E-state index in [9.17, 15) is 4.79 Å². The van der Waals surface area contributed by atoms with Crippen LogP contribution in [-0.2, 0) is 11.3 Å². The fourth-order valence-electron chi connectivity index (χ4n) is 2.04. The van der Waals surface area contributed by atoms with Crippen molar-refractivity contribution in [3.63, 3.8) is 0 Å². The molecule has 1 amide bonds. The monoisotopic (exact) mass is 265 g/mol. The molecule has 2 rings (SSSR count). The van der Waals surface area contributed by atoms with E-state index < -0.39 is 5.41 Å². The number of fused-ring (bicyclic) bond motifs is 1.